The van der Waals surface area contributed by atoms with Crippen LogP contribution in [-0.4, -0.2) is 24.5 Å². The molecule has 1 atom stereocenters. The zero-order valence-electron chi connectivity index (χ0n) is 10.6. The summed E-state index contributed by atoms with van der Waals surface area (Å²) in [5.41, 5.74) is 7.49. The quantitative estimate of drug-likeness (QED) is 0.887. The predicted octanol–water partition coefficient (Wildman–Crippen LogP) is 2.38. The van der Waals surface area contributed by atoms with Gasteiger partial charge in [0, 0.05) is 24.2 Å². The molecular formula is C14H18ClN3. The minimum Gasteiger partial charge on any atom is -0.329 e. The standard InChI is InChI=1S/C14H18ClN3/c1-18(14(8-17)11-4-5-11)9-12-3-2-10(7-16)6-13(12)15/h2-3,6,11,14H,4-5,8-9,17H2,1H3. The molecule has 1 saturated carbocycles. The van der Waals surface area contributed by atoms with Crippen LogP contribution in [0.15, 0.2) is 18.2 Å². The first-order valence-electron chi connectivity index (χ1n) is 6.24. The molecule has 2 rings (SSSR count). The molecule has 1 fully saturated rings. The first-order valence-corrected chi connectivity index (χ1v) is 6.62. The zero-order valence-corrected chi connectivity index (χ0v) is 11.3. The van der Waals surface area contributed by atoms with E-state index in [4.69, 9.17) is 22.6 Å². The van der Waals surface area contributed by atoms with Gasteiger partial charge < -0.3 is 5.73 Å². The molecule has 0 radical (unpaired) electrons. The number of halogens is 1. The Morgan fingerprint density at radius 2 is 2.28 bits per heavy atom. The van der Waals surface area contributed by atoms with Gasteiger partial charge in [0.1, 0.15) is 0 Å². The van der Waals surface area contributed by atoms with E-state index < -0.39 is 0 Å². The average molecular weight is 264 g/mol. The highest BCUT2D eigenvalue weighted by molar-refractivity contribution is 6.31. The second kappa shape index (κ2) is 5.71. The number of likely N-dealkylation sites (N-methyl/N-ethyl adjacent to an activating group) is 1. The Bertz CT molecular complexity index is 463. The van der Waals surface area contributed by atoms with Gasteiger partial charge in [-0.05, 0) is 43.5 Å². The van der Waals surface area contributed by atoms with Crippen LogP contribution in [0.5, 0.6) is 0 Å². The third-order valence-electron chi connectivity index (χ3n) is 3.58. The molecule has 3 nitrogen and oxygen atoms in total. The van der Waals surface area contributed by atoms with E-state index in [1.165, 1.54) is 12.8 Å². The van der Waals surface area contributed by atoms with Crippen LogP contribution in [0.2, 0.25) is 5.02 Å². The highest BCUT2D eigenvalue weighted by Gasteiger charge is 2.32. The van der Waals surface area contributed by atoms with Crippen LogP contribution in [0.4, 0.5) is 0 Å². The summed E-state index contributed by atoms with van der Waals surface area (Å²) in [5, 5.41) is 9.47. The fourth-order valence-electron chi connectivity index (χ4n) is 2.34. The Morgan fingerprint density at radius 3 is 2.78 bits per heavy atom. The highest BCUT2D eigenvalue weighted by Crippen LogP contribution is 2.35. The van der Waals surface area contributed by atoms with Gasteiger partial charge in [0.2, 0.25) is 0 Å². The maximum atomic E-state index is 8.81. The number of hydrogen-bond donors (Lipinski definition) is 1. The molecule has 1 aliphatic carbocycles. The molecule has 18 heavy (non-hydrogen) atoms. The summed E-state index contributed by atoms with van der Waals surface area (Å²) in [6.07, 6.45) is 2.57. The smallest absolute Gasteiger partial charge is 0.0992 e. The number of hydrogen-bond acceptors (Lipinski definition) is 3. The summed E-state index contributed by atoms with van der Waals surface area (Å²) in [7, 11) is 2.09. The molecule has 0 aromatic heterocycles. The van der Waals surface area contributed by atoms with Crippen LogP contribution >= 0.6 is 11.6 Å². The Kier molecular flexibility index (Phi) is 4.23. The van der Waals surface area contributed by atoms with Crippen LogP contribution < -0.4 is 5.73 Å². The maximum Gasteiger partial charge on any atom is 0.0992 e. The molecule has 1 aromatic carbocycles. The first-order chi connectivity index (χ1) is 8.65. The van der Waals surface area contributed by atoms with Crippen molar-refractivity contribution in [2.24, 2.45) is 11.7 Å². The number of nitriles is 1. The molecule has 0 saturated heterocycles. The van der Waals surface area contributed by atoms with Gasteiger partial charge in [0.15, 0.2) is 0 Å². The van der Waals surface area contributed by atoms with Crippen molar-refractivity contribution in [2.45, 2.75) is 25.4 Å². The SMILES string of the molecule is CN(Cc1ccc(C#N)cc1Cl)C(CN)C1CC1. The predicted molar refractivity (Wildman–Crippen MR) is 73.2 cm³/mol. The highest BCUT2D eigenvalue weighted by atomic mass is 35.5. The van der Waals surface area contributed by atoms with Crippen molar-refractivity contribution in [3.8, 4) is 6.07 Å². The van der Waals surface area contributed by atoms with Gasteiger partial charge >= 0.3 is 0 Å². The van der Waals surface area contributed by atoms with E-state index in [0.717, 1.165) is 18.0 Å². The van der Waals surface area contributed by atoms with Gasteiger partial charge in [0.25, 0.3) is 0 Å². The molecule has 0 bridgehead atoms. The van der Waals surface area contributed by atoms with Gasteiger partial charge in [-0.2, -0.15) is 5.26 Å². The lowest BCUT2D eigenvalue weighted by Gasteiger charge is -2.27. The Balaban J connectivity index is 2.06. The van der Waals surface area contributed by atoms with E-state index >= 15 is 0 Å². The van der Waals surface area contributed by atoms with Crippen molar-refractivity contribution in [2.75, 3.05) is 13.6 Å². The molecule has 0 heterocycles. The molecule has 1 unspecified atom stereocenters. The topological polar surface area (TPSA) is 53.0 Å². The van der Waals surface area contributed by atoms with Gasteiger partial charge in [-0.25, -0.2) is 0 Å². The van der Waals surface area contributed by atoms with Crippen molar-refractivity contribution in [1.29, 1.82) is 5.26 Å². The second-order valence-electron chi connectivity index (χ2n) is 4.97. The van der Waals surface area contributed by atoms with Gasteiger partial charge in [-0.3, -0.25) is 4.90 Å². The Hall–Kier alpha value is -1.08. The molecular weight excluding hydrogens is 246 g/mol. The first kappa shape index (κ1) is 13.4. The summed E-state index contributed by atoms with van der Waals surface area (Å²) in [6.45, 7) is 1.47. The van der Waals surface area contributed by atoms with Crippen LogP contribution in [0, 0.1) is 17.2 Å². The van der Waals surface area contributed by atoms with Gasteiger partial charge in [-0.1, -0.05) is 17.7 Å². The van der Waals surface area contributed by atoms with Crippen LogP contribution in [0.25, 0.3) is 0 Å². The number of nitrogens with zero attached hydrogens (tertiary/aromatic N) is 2. The van der Waals surface area contributed by atoms with Crippen molar-refractivity contribution in [3.63, 3.8) is 0 Å². The van der Waals surface area contributed by atoms with Crippen LogP contribution in [-0.2, 0) is 6.54 Å². The Morgan fingerprint density at radius 1 is 1.56 bits per heavy atom. The number of benzene rings is 1. The number of nitrogens with two attached hydrogens (primary N) is 1. The van der Waals surface area contributed by atoms with Gasteiger partial charge in [-0.15, -0.1) is 0 Å². The lowest BCUT2D eigenvalue weighted by Crippen LogP contribution is -2.39. The molecule has 0 amide bonds. The van der Waals surface area contributed by atoms with Crippen molar-refractivity contribution in [1.82, 2.24) is 4.90 Å². The average Bonchev–Trinajstić information content (AvgIpc) is 3.17. The maximum absolute atomic E-state index is 8.81. The van der Waals surface area contributed by atoms with Gasteiger partial charge in [0.05, 0.1) is 11.6 Å². The molecule has 1 aromatic rings. The van der Waals surface area contributed by atoms with E-state index in [0.29, 0.717) is 23.2 Å². The van der Waals surface area contributed by atoms with E-state index in [2.05, 4.69) is 18.0 Å². The summed E-state index contributed by atoms with van der Waals surface area (Å²) >= 11 is 6.19. The summed E-state index contributed by atoms with van der Waals surface area (Å²) in [4.78, 5) is 2.27. The third-order valence-corrected chi connectivity index (χ3v) is 3.93. The van der Waals surface area contributed by atoms with Crippen molar-refractivity contribution >= 4 is 11.6 Å². The van der Waals surface area contributed by atoms with E-state index in [9.17, 15) is 0 Å². The minimum absolute atomic E-state index is 0.441. The normalized spacial score (nSPS) is 16.6. The molecule has 96 valence electrons. The lowest BCUT2D eigenvalue weighted by atomic mass is 10.1. The van der Waals surface area contributed by atoms with E-state index in [1.807, 2.05) is 12.1 Å². The summed E-state index contributed by atoms with van der Waals surface area (Å²) in [5.74, 6) is 0.747. The number of rotatable bonds is 5. The second-order valence-corrected chi connectivity index (χ2v) is 5.38. The zero-order chi connectivity index (χ0) is 13.1. The Labute approximate surface area is 113 Å². The largest absolute Gasteiger partial charge is 0.329 e. The molecule has 0 aliphatic heterocycles. The van der Waals surface area contributed by atoms with E-state index in [-0.39, 0.29) is 0 Å². The lowest BCUT2D eigenvalue weighted by molar-refractivity contribution is 0.215. The third kappa shape index (κ3) is 3.02. The fourth-order valence-corrected chi connectivity index (χ4v) is 2.58. The molecule has 4 heteroatoms. The minimum atomic E-state index is 0.441. The summed E-state index contributed by atoms with van der Waals surface area (Å²) in [6, 6.07) is 7.99. The fraction of sp³-hybridized carbons (Fsp3) is 0.500. The monoisotopic (exact) mass is 263 g/mol. The van der Waals surface area contributed by atoms with E-state index in [1.54, 1.807) is 6.07 Å². The van der Waals surface area contributed by atoms with Crippen molar-refractivity contribution < 1.29 is 0 Å². The molecule has 2 N–H and O–H groups in total. The summed E-state index contributed by atoms with van der Waals surface area (Å²) < 4.78 is 0. The molecule has 0 spiro atoms. The van der Waals surface area contributed by atoms with Crippen LogP contribution in [0.1, 0.15) is 24.0 Å². The van der Waals surface area contributed by atoms with Crippen LogP contribution in [0.3, 0.4) is 0 Å². The van der Waals surface area contributed by atoms with Crippen molar-refractivity contribution in [3.05, 3.63) is 34.3 Å². The molecule has 1 aliphatic rings.